The molecule has 0 atom stereocenters. The first-order valence-corrected chi connectivity index (χ1v) is 22.2. The van der Waals surface area contributed by atoms with Gasteiger partial charge in [0.05, 0.1) is 49.1 Å². The Hall–Kier alpha value is -6.43. The highest BCUT2D eigenvalue weighted by Crippen LogP contribution is 2.39. The van der Waals surface area contributed by atoms with Gasteiger partial charge in [-0.15, -0.1) is 22.7 Å². The van der Waals surface area contributed by atoms with Crippen molar-refractivity contribution in [1.82, 2.24) is 19.9 Å². The Morgan fingerprint density at radius 3 is 1.57 bits per heavy atom. The zero-order valence-electron chi connectivity index (χ0n) is 32.1. The number of nitrogens with zero attached hydrogens (tertiary/aromatic N) is 4. The number of nitrogen functional groups attached to an aromatic ring is 1. The maximum atomic E-state index is 13.3. The zero-order valence-corrected chi connectivity index (χ0v) is 34.5. The summed E-state index contributed by atoms with van der Waals surface area (Å²) in [6, 6.07) is 26.7. The van der Waals surface area contributed by atoms with E-state index in [-0.39, 0.29) is 11.6 Å². The van der Waals surface area contributed by atoms with Gasteiger partial charge in [0.15, 0.2) is 0 Å². The Kier molecular flexibility index (Phi) is 13.6. The number of nitrogens with two attached hydrogens (primary N) is 1. The van der Waals surface area contributed by atoms with Crippen molar-refractivity contribution in [3.63, 3.8) is 0 Å². The van der Waals surface area contributed by atoms with Crippen LogP contribution in [-0.2, 0) is 10.0 Å². The first kappa shape index (κ1) is 41.7. The summed E-state index contributed by atoms with van der Waals surface area (Å²) in [4.78, 5) is 18.8. The van der Waals surface area contributed by atoms with Gasteiger partial charge in [0.1, 0.15) is 45.4 Å². The van der Waals surface area contributed by atoms with E-state index >= 15 is 0 Å². The van der Waals surface area contributed by atoms with Gasteiger partial charge in [0.25, 0.3) is 0 Å². The van der Waals surface area contributed by atoms with Gasteiger partial charge in [0, 0.05) is 52.5 Å². The normalized spacial score (nSPS) is 11.2. The lowest BCUT2D eigenvalue weighted by Gasteiger charge is -2.10. The fraction of sp³-hybridized carbons (Fsp3) is 0.163. The lowest BCUT2D eigenvalue weighted by Crippen LogP contribution is -2.10. The molecule has 0 aliphatic rings. The summed E-state index contributed by atoms with van der Waals surface area (Å²) >= 11 is 2.98. The van der Waals surface area contributed by atoms with Crippen LogP contribution in [0.15, 0.2) is 120 Å². The maximum absolute atomic E-state index is 13.3. The number of halogens is 2. The first-order chi connectivity index (χ1) is 29.1. The van der Waals surface area contributed by atoms with E-state index in [1.54, 1.807) is 54.6 Å². The molecule has 60 heavy (non-hydrogen) atoms. The van der Waals surface area contributed by atoms with Crippen LogP contribution < -0.4 is 29.4 Å². The van der Waals surface area contributed by atoms with Crippen molar-refractivity contribution in [2.24, 2.45) is 0 Å². The van der Waals surface area contributed by atoms with E-state index in [1.807, 2.05) is 29.0 Å². The minimum atomic E-state index is -3.35. The molecule has 0 radical (unpaired) electrons. The number of hydrogen-bond donors (Lipinski definition) is 2. The van der Waals surface area contributed by atoms with Gasteiger partial charge in [-0.05, 0) is 59.7 Å². The summed E-state index contributed by atoms with van der Waals surface area (Å²) in [7, 11) is -3.35. The van der Waals surface area contributed by atoms with Crippen molar-refractivity contribution in [1.29, 1.82) is 0 Å². The molecule has 0 saturated carbocycles. The van der Waals surface area contributed by atoms with Crippen molar-refractivity contribution in [3.8, 4) is 45.5 Å². The molecule has 308 valence electrons. The average molecular weight is 869 g/mol. The van der Waals surface area contributed by atoms with Crippen LogP contribution in [0.3, 0.4) is 0 Å². The van der Waals surface area contributed by atoms with Crippen LogP contribution in [-0.4, -0.2) is 61.0 Å². The third-order valence-corrected chi connectivity index (χ3v) is 10.9. The van der Waals surface area contributed by atoms with E-state index in [2.05, 4.69) is 24.7 Å². The SMILES string of the molecule is CS(=O)(=O)Nc1cccc(OCCCOc2ncnc3scc(-c4ccc(F)cc4)c23)c1.Nc1cccc(OCCCOc2ncnc3scc(-c4ccc(F)cc4)c23)c1. The molecule has 0 amide bonds. The van der Waals surface area contributed by atoms with E-state index < -0.39 is 10.0 Å². The highest BCUT2D eigenvalue weighted by molar-refractivity contribution is 7.92. The molecule has 12 nitrogen and oxygen atoms in total. The van der Waals surface area contributed by atoms with Crippen molar-refractivity contribution < 1.29 is 36.1 Å². The molecule has 0 aliphatic heterocycles. The number of rotatable bonds is 16. The van der Waals surface area contributed by atoms with E-state index in [0.717, 1.165) is 54.7 Å². The molecule has 0 unspecified atom stereocenters. The summed E-state index contributed by atoms with van der Waals surface area (Å²) in [6.07, 6.45) is 5.32. The second-order valence-corrected chi connectivity index (χ2v) is 16.6. The predicted molar refractivity (Wildman–Crippen MR) is 233 cm³/mol. The fourth-order valence-electron chi connectivity index (χ4n) is 5.90. The Morgan fingerprint density at radius 2 is 1.08 bits per heavy atom. The summed E-state index contributed by atoms with van der Waals surface area (Å²) in [5, 5.41) is 5.59. The Bertz CT molecular complexity index is 2790. The third kappa shape index (κ3) is 11.2. The quantitative estimate of drug-likeness (QED) is 0.0703. The van der Waals surface area contributed by atoms with Crippen LogP contribution in [0.25, 0.3) is 42.7 Å². The van der Waals surface area contributed by atoms with Gasteiger partial charge in [-0.25, -0.2) is 37.1 Å². The molecule has 4 aromatic carbocycles. The van der Waals surface area contributed by atoms with Crippen molar-refractivity contribution >= 4 is 64.5 Å². The number of thiophene rings is 2. The van der Waals surface area contributed by atoms with E-state index in [1.165, 1.54) is 59.6 Å². The summed E-state index contributed by atoms with van der Waals surface area (Å²) < 4.78 is 74.8. The van der Waals surface area contributed by atoms with Crippen LogP contribution in [0.4, 0.5) is 20.2 Å². The fourth-order valence-corrected chi connectivity index (χ4v) is 8.27. The van der Waals surface area contributed by atoms with Gasteiger partial charge in [-0.2, -0.15) is 0 Å². The molecule has 0 aliphatic carbocycles. The molecule has 0 spiro atoms. The molecule has 17 heteroatoms. The standard InChI is InChI=1S/C22H20FN3O4S2.C21H18FN3O2S/c1-32(27,28)26-17-4-2-5-18(12-17)29-10-3-11-30-21-20-19(13-31-22(20)25-14-24-21)15-6-8-16(23)9-7-15;22-15-7-5-14(6-8-15)18-12-28-21-19(18)20(24-13-25-21)27-10-2-9-26-17-4-1-3-16(23)11-17/h2,4-9,12-14,26H,3,10-11H2,1H3;1,3-8,11-13H,2,9-10,23H2. The Morgan fingerprint density at radius 1 is 0.617 bits per heavy atom. The number of fused-ring (bicyclic) bond motifs is 2. The highest BCUT2D eigenvalue weighted by atomic mass is 32.2. The third-order valence-electron chi connectivity index (χ3n) is 8.57. The lowest BCUT2D eigenvalue weighted by molar-refractivity contribution is 0.244. The van der Waals surface area contributed by atoms with Crippen LogP contribution in [0, 0.1) is 11.6 Å². The summed E-state index contributed by atoms with van der Waals surface area (Å²) in [5.41, 5.74) is 10.4. The highest BCUT2D eigenvalue weighted by Gasteiger charge is 2.16. The van der Waals surface area contributed by atoms with E-state index in [9.17, 15) is 17.2 Å². The Labute approximate surface area is 352 Å². The second kappa shape index (κ2) is 19.5. The number of aromatic nitrogens is 4. The van der Waals surface area contributed by atoms with Crippen molar-refractivity contribution in [2.75, 3.05) is 43.1 Å². The monoisotopic (exact) mass is 868 g/mol. The molecule has 4 aromatic heterocycles. The minimum Gasteiger partial charge on any atom is -0.493 e. The number of sulfonamides is 1. The molecule has 8 aromatic rings. The molecule has 3 N–H and O–H groups in total. The molecule has 0 bridgehead atoms. The van der Waals surface area contributed by atoms with Crippen LogP contribution >= 0.6 is 22.7 Å². The Balaban J connectivity index is 0.000000183. The van der Waals surface area contributed by atoms with Gasteiger partial charge in [-0.3, -0.25) is 4.72 Å². The molecule has 0 fully saturated rings. The average Bonchev–Trinajstić information content (AvgIpc) is 3.87. The molecule has 8 rings (SSSR count). The maximum Gasteiger partial charge on any atom is 0.229 e. The topological polar surface area (TPSA) is 161 Å². The summed E-state index contributed by atoms with van der Waals surface area (Å²) in [5.74, 6) is 1.72. The lowest BCUT2D eigenvalue weighted by atomic mass is 10.1. The summed E-state index contributed by atoms with van der Waals surface area (Å²) in [6.45, 7) is 1.70. The molecular formula is C43H38F2N6O6S3. The number of nitrogens with one attached hydrogen (secondary N) is 1. The van der Waals surface area contributed by atoms with Crippen LogP contribution in [0.2, 0.25) is 0 Å². The zero-order chi connectivity index (χ0) is 41.9. The number of benzene rings is 4. The molecule has 4 heterocycles. The minimum absolute atomic E-state index is 0.267. The number of hydrogen-bond acceptors (Lipinski definition) is 13. The van der Waals surface area contributed by atoms with Crippen molar-refractivity contribution in [2.45, 2.75) is 12.8 Å². The second-order valence-electron chi connectivity index (χ2n) is 13.1. The predicted octanol–water partition coefficient (Wildman–Crippen LogP) is 9.64. The van der Waals surface area contributed by atoms with Crippen LogP contribution in [0.1, 0.15) is 12.8 Å². The smallest absolute Gasteiger partial charge is 0.229 e. The van der Waals surface area contributed by atoms with Gasteiger partial charge in [0.2, 0.25) is 21.8 Å². The van der Waals surface area contributed by atoms with E-state index in [4.69, 9.17) is 24.7 Å². The largest absolute Gasteiger partial charge is 0.493 e. The number of ether oxygens (including phenoxy) is 4. The van der Waals surface area contributed by atoms with Gasteiger partial charge in [-0.1, -0.05) is 36.4 Å². The van der Waals surface area contributed by atoms with Gasteiger partial charge < -0.3 is 24.7 Å². The van der Waals surface area contributed by atoms with E-state index in [0.29, 0.717) is 68.2 Å². The number of anilines is 2. The molecular weight excluding hydrogens is 831 g/mol. The molecule has 0 saturated heterocycles. The van der Waals surface area contributed by atoms with Gasteiger partial charge >= 0.3 is 0 Å². The van der Waals surface area contributed by atoms with Crippen LogP contribution in [0.5, 0.6) is 23.3 Å². The van der Waals surface area contributed by atoms with Crippen molar-refractivity contribution in [3.05, 3.63) is 132 Å². The first-order valence-electron chi connectivity index (χ1n) is 18.5.